The van der Waals surface area contributed by atoms with Crippen molar-refractivity contribution < 1.29 is 14.4 Å². The number of aryl methyl sites for hydroxylation is 1. The zero-order valence-electron chi connectivity index (χ0n) is 19.1. The van der Waals surface area contributed by atoms with Gasteiger partial charge in [-0.25, -0.2) is 9.78 Å². The molecule has 0 radical (unpaired) electrons. The second-order valence-electron chi connectivity index (χ2n) is 9.66. The highest BCUT2D eigenvalue weighted by Crippen LogP contribution is 2.47. The summed E-state index contributed by atoms with van der Waals surface area (Å²) in [6.07, 6.45) is 2.85. The first-order chi connectivity index (χ1) is 16.5. The molecule has 0 aliphatic carbocycles. The fourth-order valence-electron chi connectivity index (χ4n) is 5.89. The van der Waals surface area contributed by atoms with E-state index >= 15 is 0 Å². The summed E-state index contributed by atoms with van der Waals surface area (Å²) in [4.78, 5) is 48.8. The zero-order valence-corrected chi connectivity index (χ0v) is 19.1. The van der Waals surface area contributed by atoms with E-state index in [1.165, 1.54) is 4.90 Å². The number of anilines is 1. The number of amides is 4. The summed E-state index contributed by atoms with van der Waals surface area (Å²) in [5.41, 5.74) is 2.41. The van der Waals surface area contributed by atoms with Gasteiger partial charge in [-0.15, -0.1) is 0 Å². The average molecular weight is 455 g/mol. The third kappa shape index (κ3) is 3.03. The molecular weight excluding hydrogens is 428 g/mol. The van der Waals surface area contributed by atoms with Crippen molar-refractivity contribution in [2.45, 2.75) is 45.2 Å². The number of nitrogens with zero attached hydrogens (tertiary/aromatic N) is 3. The Morgan fingerprint density at radius 2 is 1.88 bits per heavy atom. The van der Waals surface area contributed by atoms with E-state index in [1.54, 1.807) is 0 Å². The molecule has 0 saturated carbocycles. The normalized spacial score (nSPS) is 24.3. The number of rotatable bonds is 2. The van der Waals surface area contributed by atoms with Crippen LogP contribution in [0.15, 0.2) is 54.6 Å². The van der Waals surface area contributed by atoms with Crippen molar-refractivity contribution in [2.75, 3.05) is 11.4 Å². The van der Waals surface area contributed by atoms with Crippen molar-refractivity contribution in [3.63, 3.8) is 0 Å². The number of imide groups is 2. The minimum atomic E-state index is -1.35. The molecule has 0 bridgehead atoms. The monoisotopic (exact) mass is 454 g/mol. The Morgan fingerprint density at radius 1 is 1.06 bits per heavy atom. The number of piperidine rings is 1. The Hall–Kier alpha value is -3.74. The zero-order chi connectivity index (χ0) is 23.4. The summed E-state index contributed by atoms with van der Waals surface area (Å²) < 4.78 is 0. The lowest BCUT2D eigenvalue weighted by Gasteiger charge is -2.53. The maximum atomic E-state index is 14.1. The summed E-state index contributed by atoms with van der Waals surface area (Å²) in [6.45, 7) is 2.90. The van der Waals surface area contributed by atoms with Gasteiger partial charge in [0.25, 0.3) is 0 Å². The van der Waals surface area contributed by atoms with Crippen LogP contribution >= 0.6 is 0 Å². The van der Waals surface area contributed by atoms with Gasteiger partial charge in [0.15, 0.2) is 5.41 Å². The van der Waals surface area contributed by atoms with Gasteiger partial charge in [0.1, 0.15) is 5.82 Å². The maximum Gasteiger partial charge on any atom is 0.331 e. The molecule has 3 aliphatic rings. The first kappa shape index (κ1) is 20.8. The third-order valence-electron chi connectivity index (χ3n) is 7.52. The quantitative estimate of drug-likeness (QED) is 0.597. The molecule has 4 heterocycles. The van der Waals surface area contributed by atoms with E-state index in [-0.39, 0.29) is 19.0 Å². The van der Waals surface area contributed by atoms with Gasteiger partial charge in [0.05, 0.1) is 18.1 Å². The third-order valence-corrected chi connectivity index (χ3v) is 7.52. The number of aromatic nitrogens is 1. The van der Waals surface area contributed by atoms with Crippen LogP contribution in [0, 0.1) is 12.3 Å². The number of pyridine rings is 1. The fourth-order valence-corrected chi connectivity index (χ4v) is 5.89. The number of barbiturate groups is 1. The highest BCUT2D eigenvalue weighted by Gasteiger charge is 2.62. The Morgan fingerprint density at radius 3 is 2.71 bits per heavy atom. The van der Waals surface area contributed by atoms with Crippen LogP contribution in [0.25, 0.3) is 10.9 Å². The van der Waals surface area contributed by atoms with Gasteiger partial charge in [-0.2, -0.15) is 0 Å². The predicted molar refractivity (Wildman–Crippen MR) is 128 cm³/mol. The van der Waals surface area contributed by atoms with Crippen LogP contribution in [0.5, 0.6) is 0 Å². The number of fused-ring (bicyclic) bond motifs is 5. The van der Waals surface area contributed by atoms with Gasteiger partial charge < -0.3 is 4.90 Å². The standard InChI is InChI=1S/C27H26N4O3/c1-17-10-11-21-19(13-17)14-20-15-27(22-9-5-6-12-30(22)23(20)28-21)24(32)29-26(34)31(25(27)33)16-18-7-3-2-4-8-18/h2-4,7-8,10-11,13-14,22H,5-6,9,12,15-16H2,1H3,(H,29,32,34)/t22-,27+/m0/s1. The van der Waals surface area contributed by atoms with Gasteiger partial charge in [0, 0.05) is 18.4 Å². The molecule has 2 fully saturated rings. The highest BCUT2D eigenvalue weighted by atomic mass is 16.2. The van der Waals surface area contributed by atoms with Crippen LogP contribution in [0.2, 0.25) is 0 Å². The van der Waals surface area contributed by atoms with Crippen molar-refractivity contribution >= 4 is 34.6 Å². The molecule has 0 unspecified atom stereocenters. The van der Waals surface area contributed by atoms with Crippen molar-refractivity contribution in [2.24, 2.45) is 5.41 Å². The number of benzene rings is 2. The fraction of sp³-hybridized carbons (Fsp3) is 0.333. The van der Waals surface area contributed by atoms with Crippen molar-refractivity contribution in [1.82, 2.24) is 15.2 Å². The molecule has 3 aliphatic heterocycles. The van der Waals surface area contributed by atoms with Crippen molar-refractivity contribution in [1.29, 1.82) is 0 Å². The van der Waals surface area contributed by atoms with Crippen LogP contribution in [0.3, 0.4) is 0 Å². The number of carbonyl (C=O) groups excluding carboxylic acids is 3. The molecule has 2 aromatic carbocycles. The number of hydrogen-bond donors (Lipinski definition) is 1. The van der Waals surface area contributed by atoms with Crippen LogP contribution in [-0.2, 0) is 22.6 Å². The van der Waals surface area contributed by atoms with E-state index in [1.807, 2.05) is 49.4 Å². The largest absolute Gasteiger partial charge is 0.352 e. The van der Waals surface area contributed by atoms with E-state index in [4.69, 9.17) is 4.98 Å². The van der Waals surface area contributed by atoms with Gasteiger partial charge >= 0.3 is 6.03 Å². The van der Waals surface area contributed by atoms with Gasteiger partial charge in [-0.3, -0.25) is 19.8 Å². The Bertz CT molecular complexity index is 1340. The minimum Gasteiger partial charge on any atom is -0.352 e. The van der Waals surface area contributed by atoms with E-state index in [9.17, 15) is 14.4 Å². The number of hydrogen-bond acceptors (Lipinski definition) is 5. The smallest absolute Gasteiger partial charge is 0.331 e. The summed E-state index contributed by atoms with van der Waals surface area (Å²) >= 11 is 0. The molecule has 34 heavy (non-hydrogen) atoms. The minimum absolute atomic E-state index is 0.134. The van der Waals surface area contributed by atoms with Crippen LogP contribution in [0.4, 0.5) is 10.6 Å². The van der Waals surface area contributed by atoms with E-state index in [0.717, 1.165) is 52.8 Å². The molecule has 172 valence electrons. The molecule has 1 N–H and O–H groups in total. The SMILES string of the molecule is Cc1ccc2nc3c(cc2c1)C[C@]1(C(=O)NC(=O)N(Cc2ccccc2)C1=O)[C@@H]1CCCCN31. The summed E-state index contributed by atoms with van der Waals surface area (Å²) in [5, 5.41) is 3.52. The van der Waals surface area contributed by atoms with Crippen LogP contribution < -0.4 is 10.2 Å². The molecule has 2 atom stereocenters. The summed E-state index contributed by atoms with van der Waals surface area (Å²) in [6, 6.07) is 16.6. The molecule has 6 rings (SSSR count). The first-order valence-electron chi connectivity index (χ1n) is 11.9. The molecular formula is C27H26N4O3. The number of urea groups is 1. The molecule has 4 amide bonds. The summed E-state index contributed by atoms with van der Waals surface area (Å²) in [7, 11) is 0. The van der Waals surface area contributed by atoms with Crippen molar-refractivity contribution in [3.05, 3.63) is 71.3 Å². The molecule has 2 saturated heterocycles. The van der Waals surface area contributed by atoms with E-state index < -0.39 is 23.3 Å². The number of nitrogens with one attached hydrogen (secondary N) is 1. The molecule has 7 heteroatoms. The lowest BCUT2D eigenvalue weighted by atomic mass is 9.66. The van der Waals surface area contributed by atoms with Crippen molar-refractivity contribution in [3.8, 4) is 0 Å². The van der Waals surface area contributed by atoms with E-state index in [2.05, 4.69) is 22.3 Å². The lowest BCUT2D eigenvalue weighted by molar-refractivity contribution is -0.154. The highest BCUT2D eigenvalue weighted by molar-refractivity contribution is 6.20. The van der Waals surface area contributed by atoms with Gasteiger partial charge in [0.2, 0.25) is 11.8 Å². The summed E-state index contributed by atoms with van der Waals surface area (Å²) in [5.74, 6) is -0.0329. The molecule has 1 aromatic heterocycles. The average Bonchev–Trinajstić information content (AvgIpc) is 2.85. The number of carbonyl (C=O) groups is 3. The van der Waals surface area contributed by atoms with Gasteiger partial charge in [-0.1, -0.05) is 42.0 Å². The molecule has 7 nitrogen and oxygen atoms in total. The Kier molecular flexibility index (Phi) is 4.69. The second kappa shape index (κ2) is 7.65. The van der Waals surface area contributed by atoms with E-state index in [0.29, 0.717) is 6.42 Å². The maximum absolute atomic E-state index is 14.1. The van der Waals surface area contributed by atoms with Crippen LogP contribution in [-0.4, -0.2) is 40.3 Å². The second-order valence-corrected chi connectivity index (χ2v) is 9.66. The first-order valence-corrected chi connectivity index (χ1v) is 11.9. The Labute approximate surface area is 197 Å². The topological polar surface area (TPSA) is 82.6 Å². The van der Waals surface area contributed by atoms with Gasteiger partial charge in [-0.05, 0) is 55.5 Å². The molecule has 1 spiro atoms. The Balaban J connectivity index is 1.48. The predicted octanol–water partition coefficient (Wildman–Crippen LogP) is 3.72. The lowest BCUT2D eigenvalue weighted by Crippen LogP contribution is -2.72. The van der Waals surface area contributed by atoms with Crippen LogP contribution in [0.1, 0.15) is 36.0 Å². The molecule has 3 aromatic rings.